The molecule has 28 heavy (non-hydrogen) atoms. The number of nitrogens with two attached hydrogens (primary N) is 1. The average Bonchev–Trinajstić information content (AvgIpc) is 2.89. The van der Waals surface area contributed by atoms with E-state index in [4.69, 9.17) is 10.5 Å². The van der Waals surface area contributed by atoms with E-state index in [0.717, 1.165) is 25.1 Å². The zero-order valence-corrected chi connectivity index (χ0v) is 16.7. The highest BCUT2D eigenvalue weighted by molar-refractivity contribution is 5.56. The lowest BCUT2D eigenvalue weighted by molar-refractivity contribution is 0.0911. The normalized spacial score (nSPS) is 23.5. The van der Waals surface area contributed by atoms with Crippen LogP contribution in [0.5, 0.6) is 5.75 Å². The Morgan fingerprint density at radius 3 is 2.36 bits per heavy atom. The summed E-state index contributed by atoms with van der Waals surface area (Å²) >= 11 is 0. The molecule has 1 spiro atoms. The molecule has 0 aromatic heterocycles. The van der Waals surface area contributed by atoms with Crippen LogP contribution >= 0.6 is 0 Å². The molecule has 4 heteroatoms. The van der Waals surface area contributed by atoms with Crippen LogP contribution in [-0.2, 0) is 6.54 Å². The van der Waals surface area contributed by atoms with E-state index in [2.05, 4.69) is 58.8 Å². The highest BCUT2D eigenvalue weighted by atomic mass is 16.5. The number of rotatable bonds is 4. The summed E-state index contributed by atoms with van der Waals surface area (Å²) in [5.41, 5.74) is 10.4. The third-order valence-electron chi connectivity index (χ3n) is 6.24. The molecule has 1 saturated heterocycles. The number of ether oxygens (including phenoxy) is 1. The monoisotopic (exact) mass is 377 g/mol. The van der Waals surface area contributed by atoms with Gasteiger partial charge in [-0.05, 0) is 42.2 Å². The Morgan fingerprint density at radius 2 is 1.71 bits per heavy atom. The third-order valence-corrected chi connectivity index (χ3v) is 6.24. The summed E-state index contributed by atoms with van der Waals surface area (Å²) in [7, 11) is 1.70. The van der Waals surface area contributed by atoms with Crippen molar-refractivity contribution < 1.29 is 4.74 Å². The van der Waals surface area contributed by atoms with Crippen LogP contribution in [0.15, 0.2) is 60.3 Å². The van der Waals surface area contributed by atoms with Gasteiger partial charge in [0.25, 0.3) is 0 Å². The largest absolute Gasteiger partial charge is 0.497 e. The van der Waals surface area contributed by atoms with E-state index in [1.165, 1.54) is 42.5 Å². The minimum Gasteiger partial charge on any atom is -0.497 e. The number of benzene rings is 2. The molecule has 1 aliphatic carbocycles. The van der Waals surface area contributed by atoms with Crippen LogP contribution < -0.4 is 15.8 Å². The molecule has 2 fully saturated rings. The predicted molar refractivity (Wildman–Crippen MR) is 115 cm³/mol. The average molecular weight is 378 g/mol. The maximum absolute atomic E-state index is 6.63. The van der Waals surface area contributed by atoms with Gasteiger partial charge in [0.15, 0.2) is 0 Å². The van der Waals surface area contributed by atoms with E-state index in [1.807, 2.05) is 12.1 Å². The fourth-order valence-corrected chi connectivity index (χ4v) is 4.73. The van der Waals surface area contributed by atoms with E-state index < -0.39 is 0 Å². The summed E-state index contributed by atoms with van der Waals surface area (Å²) in [5, 5.41) is 3.62. The Hall–Kier alpha value is -2.30. The molecule has 2 aromatic rings. The molecule has 0 radical (unpaired) electrons. The Bertz CT molecular complexity index is 792. The number of hydrogen-bond acceptors (Lipinski definition) is 4. The van der Waals surface area contributed by atoms with Gasteiger partial charge in [-0.15, -0.1) is 0 Å². The zero-order valence-electron chi connectivity index (χ0n) is 16.7. The quantitative estimate of drug-likeness (QED) is 0.825. The molecule has 1 heterocycles. The lowest BCUT2D eigenvalue weighted by Gasteiger charge is -2.39. The minimum atomic E-state index is -0.171. The van der Waals surface area contributed by atoms with Gasteiger partial charge in [0.1, 0.15) is 12.0 Å². The first-order chi connectivity index (χ1) is 13.7. The van der Waals surface area contributed by atoms with Crippen LogP contribution in [0.25, 0.3) is 6.08 Å². The summed E-state index contributed by atoms with van der Waals surface area (Å²) in [6, 6.07) is 18.9. The second-order valence-corrected chi connectivity index (χ2v) is 7.98. The van der Waals surface area contributed by atoms with Gasteiger partial charge >= 0.3 is 0 Å². The maximum Gasteiger partial charge on any atom is 0.133 e. The highest BCUT2D eigenvalue weighted by Gasteiger charge is 2.48. The molecule has 3 N–H and O–H groups in total. The van der Waals surface area contributed by atoms with E-state index in [9.17, 15) is 0 Å². The minimum absolute atomic E-state index is 0.00825. The summed E-state index contributed by atoms with van der Waals surface area (Å²) in [5.74, 6) is 0.890. The van der Waals surface area contributed by atoms with Crippen molar-refractivity contribution >= 4 is 6.08 Å². The summed E-state index contributed by atoms with van der Waals surface area (Å²) < 4.78 is 5.31. The first kappa shape index (κ1) is 19.0. The van der Waals surface area contributed by atoms with Gasteiger partial charge in [-0.2, -0.15) is 0 Å². The molecule has 1 atom stereocenters. The van der Waals surface area contributed by atoms with Crippen molar-refractivity contribution in [2.45, 2.75) is 56.9 Å². The smallest absolute Gasteiger partial charge is 0.133 e. The summed E-state index contributed by atoms with van der Waals surface area (Å²) in [6.07, 6.45) is 9.57. The SMILES string of the molecule is COc1ccc(CN2C(N)N/C(=C\c3ccccc3)C23CCCCCC3)cc1. The molecule has 148 valence electrons. The van der Waals surface area contributed by atoms with Crippen LogP contribution in [0.2, 0.25) is 0 Å². The Kier molecular flexibility index (Phi) is 5.69. The summed E-state index contributed by atoms with van der Waals surface area (Å²) in [4.78, 5) is 2.48. The fourth-order valence-electron chi connectivity index (χ4n) is 4.73. The topological polar surface area (TPSA) is 50.5 Å². The molecule has 0 amide bonds. The molecular weight excluding hydrogens is 346 g/mol. The van der Waals surface area contributed by atoms with Gasteiger partial charge in [0, 0.05) is 12.2 Å². The van der Waals surface area contributed by atoms with Gasteiger partial charge in [0.05, 0.1) is 12.6 Å². The molecule has 4 nitrogen and oxygen atoms in total. The molecule has 2 aliphatic rings. The van der Waals surface area contributed by atoms with Crippen LogP contribution in [0.1, 0.15) is 49.7 Å². The van der Waals surface area contributed by atoms with Crippen molar-refractivity contribution in [1.82, 2.24) is 10.2 Å². The molecule has 2 aromatic carbocycles. The van der Waals surface area contributed by atoms with E-state index in [-0.39, 0.29) is 11.8 Å². The maximum atomic E-state index is 6.63. The van der Waals surface area contributed by atoms with Crippen LogP contribution in [-0.4, -0.2) is 23.8 Å². The fraction of sp³-hybridized carbons (Fsp3) is 0.417. The van der Waals surface area contributed by atoms with Gasteiger partial charge in [-0.3, -0.25) is 10.6 Å². The zero-order chi connectivity index (χ0) is 19.4. The van der Waals surface area contributed by atoms with Gasteiger partial charge in [-0.1, -0.05) is 68.1 Å². The second kappa shape index (κ2) is 8.38. The van der Waals surface area contributed by atoms with Gasteiger partial charge < -0.3 is 10.1 Å². The Balaban J connectivity index is 1.68. The van der Waals surface area contributed by atoms with Crippen molar-refractivity contribution in [3.63, 3.8) is 0 Å². The van der Waals surface area contributed by atoms with Crippen molar-refractivity contribution in [2.24, 2.45) is 5.73 Å². The van der Waals surface area contributed by atoms with Crippen LogP contribution in [0.3, 0.4) is 0 Å². The Morgan fingerprint density at radius 1 is 1.04 bits per heavy atom. The van der Waals surface area contributed by atoms with E-state index >= 15 is 0 Å². The van der Waals surface area contributed by atoms with Crippen molar-refractivity contribution in [3.05, 3.63) is 71.4 Å². The van der Waals surface area contributed by atoms with Gasteiger partial charge in [-0.25, -0.2) is 0 Å². The first-order valence-electron chi connectivity index (χ1n) is 10.4. The molecule has 1 unspecified atom stereocenters. The van der Waals surface area contributed by atoms with Crippen molar-refractivity contribution in [2.75, 3.05) is 7.11 Å². The molecule has 1 aliphatic heterocycles. The third kappa shape index (κ3) is 3.80. The van der Waals surface area contributed by atoms with Crippen molar-refractivity contribution in [3.8, 4) is 5.75 Å². The van der Waals surface area contributed by atoms with E-state index in [0.29, 0.717) is 0 Å². The lowest BCUT2D eigenvalue weighted by atomic mass is 9.85. The van der Waals surface area contributed by atoms with Crippen molar-refractivity contribution in [1.29, 1.82) is 0 Å². The molecule has 0 bridgehead atoms. The first-order valence-corrected chi connectivity index (χ1v) is 10.4. The standard InChI is InChI=1S/C24H31N3O/c1-28-21-13-11-20(12-14-21)18-27-23(25)26-22(17-19-9-5-4-6-10-19)24(27)15-7-2-3-8-16-24/h4-6,9-14,17,23,26H,2-3,7-8,15-16,18,25H2,1H3/b22-17-. The highest BCUT2D eigenvalue weighted by Crippen LogP contribution is 2.43. The van der Waals surface area contributed by atoms with Gasteiger partial charge in [0.2, 0.25) is 0 Å². The molecule has 1 saturated carbocycles. The number of hydrogen-bond donors (Lipinski definition) is 2. The number of nitrogens with one attached hydrogen (secondary N) is 1. The lowest BCUT2D eigenvalue weighted by Crippen LogP contribution is -2.51. The van der Waals surface area contributed by atoms with E-state index in [1.54, 1.807) is 7.11 Å². The Labute approximate surface area is 168 Å². The molecular formula is C24H31N3O. The predicted octanol–water partition coefficient (Wildman–Crippen LogP) is 4.48. The van der Waals surface area contributed by atoms with Crippen LogP contribution in [0, 0.1) is 0 Å². The number of nitrogens with zero attached hydrogens (tertiary/aromatic N) is 1. The molecule has 4 rings (SSSR count). The van der Waals surface area contributed by atoms with Crippen LogP contribution in [0.4, 0.5) is 0 Å². The number of methoxy groups -OCH3 is 1. The second-order valence-electron chi connectivity index (χ2n) is 7.98. The summed E-state index contributed by atoms with van der Waals surface area (Å²) in [6.45, 7) is 0.838.